The third kappa shape index (κ3) is 5.77. The lowest BCUT2D eigenvalue weighted by atomic mass is 10.2. The topological polar surface area (TPSA) is 52.7 Å². The van der Waals surface area contributed by atoms with Crippen LogP contribution < -0.4 is 5.32 Å². The number of likely N-dealkylation sites (N-methyl/N-ethyl adjacent to an activating group) is 1. The third-order valence-corrected chi connectivity index (χ3v) is 5.62. The van der Waals surface area contributed by atoms with Gasteiger partial charge in [0, 0.05) is 31.7 Å². The number of unbranched alkanes of at least 4 members (excludes halogenated alkanes) is 1. The van der Waals surface area contributed by atoms with Crippen molar-refractivity contribution >= 4 is 10.0 Å². The summed E-state index contributed by atoms with van der Waals surface area (Å²) in [5.74, 6) is 0.281. The van der Waals surface area contributed by atoms with E-state index < -0.39 is 10.0 Å². The highest BCUT2D eigenvalue weighted by molar-refractivity contribution is 7.89. The summed E-state index contributed by atoms with van der Waals surface area (Å²) in [5, 5.41) is 3.31. The fourth-order valence-electron chi connectivity index (χ4n) is 2.20. The van der Waals surface area contributed by atoms with Gasteiger partial charge < -0.3 is 10.2 Å². The van der Waals surface area contributed by atoms with Gasteiger partial charge in [-0.25, -0.2) is 8.42 Å². The molecule has 1 unspecified atom stereocenters. The van der Waals surface area contributed by atoms with Crippen molar-refractivity contribution < 1.29 is 8.42 Å². The van der Waals surface area contributed by atoms with E-state index in [9.17, 15) is 8.42 Å². The summed E-state index contributed by atoms with van der Waals surface area (Å²) >= 11 is 0. The molecule has 114 valence electrons. The number of hydrogen-bond acceptors (Lipinski definition) is 4. The van der Waals surface area contributed by atoms with Crippen molar-refractivity contribution in [1.29, 1.82) is 0 Å². The summed E-state index contributed by atoms with van der Waals surface area (Å²) in [6, 6.07) is 0.779. The standard InChI is InChI=1S/C13H29N3O2S/c1-12(2)14-7-5-6-10-19(17,18)16-9-8-15(4)13(3)11-16/h12-14H,5-11H2,1-4H3. The summed E-state index contributed by atoms with van der Waals surface area (Å²) in [6.45, 7) is 9.26. The van der Waals surface area contributed by atoms with E-state index in [0.29, 0.717) is 25.2 Å². The molecular formula is C13H29N3O2S. The summed E-state index contributed by atoms with van der Waals surface area (Å²) in [4.78, 5) is 2.21. The minimum absolute atomic E-state index is 0.281. The highest BCUT2D eigenvalue weighted by Crippen LogP contribution is 2.12. The molecule has 1 fully saturated rings. The van der Waals surface area contributed by atoms with Crippen LogP contribution in [0.4, 0.5) is 0 Å². The van der Waals surface area contributed by atoms with E-state index in [4.69, 9.17) is 0 Å². The second-order valence-electron chi connectivity index (χ2n) is 5.82. The maximum Gasteiger partial charge on any atom is 0.214 e. The average Bonchev–Trinajstić information content (AvgIpc) is 2.31. The average molecular weight is 291 g/mol. The van der Waals surface area contributed by atoms with Gasteiger partial charge in [0.25, 0.3) is 0 Å². The van der Waals surface area contributed by atoms with Gasteiger partial charge in [-0.05, 0) is 33.4 Å². The zero-order valence-corrected chi connectivity index (χ0v) is 13.5. The van der Waals surface area contributed by atoms with E-state index in [2.05, 4.69) is 31.0 Å². The van der Waals surface area contributed by atoms with Crippen LogP contribution in [0.25, 0.3) is 0 Å². The van der Waals surface area contributed by atoms with Gasteiger partial charge in [0.05, 0.1) is 5.75 Å². The molecule has 1 atom stereocenters. The summed E-state index contributed by atoms with van der Waals surface area (Å²) < 4.78 is 26.1. The normalized spacial score (nSPS) is 23.1. The molecule has 1 N–H and O–H groups in total. The second kappa shape index (κ2) is 7.57. The van der Waals surface area contributed by atoms with E-state index in [1.165, 1.54) is 0 Å². The van der Waals surface area contributed by atoms with Crippen LogP contribution in [0.3, 0.4) is 0 Å². The molecule has 1 aliphatic rings. The van der Waals surface area contributed by atoms with E-state index in [1.54, 1.807) is 4.31 Å². The molecule has 5 nitrogen and oxygen atoms in total. The van der Waals surface area contributed by atoms with E-state index in [0.717, 1.165) is 25.9 Å². The van der Waals surface area contributed by atoms with Gasteiger partial charge in [0.1, 0.15) is 0 Å². The number of nitrogens with one attached hydrogen (secondary N) is 1. The van der Waals surface area contributed by atoms with Gasteiger partial charge in [0.15, 0.2) is 0 Å². The number of hydrogen-bond donors (Lipinski definition) is 1. The van der Waals surface area contributed by atoms with E-state index in [1.807, 2.05) is 7.05 Å². The Morgan fingerprint density at radius 1 is 1.26 bits per heavy atom. The second-order valence-corrected chi connectivity index (χ2v) is 7.91. The fraction of sp³-hybridized carbons (Fsp3) is 1.00. The van der Waals surface area contributed by atoms with Crippen molar-refractivity contribution in [2.75, 3.05) is 39.0 Å². The lowest BCUT2D eigenvalue weighted by molar-refractivity contribution is 0.159. The van der Waals surface area contributed by atoms with Crippen LogP contribution in [0.15, 0.2) is 0 Å². The molecule has 0 bridgehead atoms. The zero-order valence-electron chi connectivity index (χ0n) is 12.7. The minimum Gasteiger partial charge on any atom is -0.315 e. The van der Waals surface area contributed by atoms with Crippen LogP contribution in [-0.4, -0.2) is 68.7 Å². The monoisotopic (exact) mass is 291 g/mol. The van der Waals surface area contributed by atoms with Crippen LogP contribution >= 0.6 is 0 Å². The fourth-order valence-corrected chi connectivity index (χ4v) is 3.83. The number of piperazine rings is 1. The van der Waals surface area contributed by atoms with Crippen LogP contribution in [0.2, 0.25) is 0 Å². The zero-order chi connectivity index (χ0) is 14.5. The first-order valence-corrected chi connectivity index (χ1v) is 8.85. The Labute approximate surface area is 118 Å². The largest absolute Gasteiger partial charge is 0.315 e. The van der Waals surface area contributed by atoms with Crippen molar-refractivity contribution in [2.24, 2.45) is 0 Å². The predicted molar refractivity (Wildman–Crippen MR) is 79.8 cm³/mol. The van der Waals surface area contributed by atoms with E-state index >= 15 is 0 Å². The first-order chi connectivity index (χ1) is 8.83. The van der Waals surface area contributed by atoms with Crippen LogP contribution in [0.1, 0.15) is 33.6 Å². The summed E-state index contributed by atoms with van der Waals surface area (Å²) in [7, 11) is -1.01. The van der Waals surface area contributed by atoms with Gasteiger partial charge in [-0.1, -0.05) is 13.8 Å². The highest BCUT2D eigenvalue weighted by atomic mass is 32.2. The maximum absolute atomic E-state index is 12.2. The molecular weight excluding hydrogens is 262 g/mol. The van der Waals surface area contributed by atoms with Gasteiger partial charge >= 0.3 is 0 Å². The molecule has 6 heteroatoms. The van der Waals surface area contributed by atoms with Gasteiger partial charge in [-0.3, -0.25) is 0 Å². The molecule has 0 aliphatic carbocycles. The quantitative estimate of drug-likeness (QED) is 0.703. The number of sulfonamides is 1. The molecule has 0 aromatic rings. The van der Waals surface area contributed by atoms with Gasteiger partial charge in [-0.15, -0.1) is 0 Å². The first-order valence-electron chi connectivity index (χ1n) is 7.24. The third-order valence-electron chi connectivity index (χ3n) is 3.70. The van der Waals surface area contributed by atoms with Crippen molar-refractivity contribution in [1.82, 2.24) is 14.5 Å². The van der Waals surface area contributed by atoms with Crippen molar-refractivity contribution in [3.8, 4) is 0 Å². The van der Waals surface area contributed by atoms with Crippen molar-refractivity contribution in [3.05, 3.63) is 0 Å². The van der Waals surface area contributed by atoms with Crippen LogP contribution in [0.5, 0.6) is 0 Å². The lowest BCUT2D eigenvalue weighted by Crippen LogP contribution is -2.52. The van der Waals surface area contributed by atoms with Crippen molar-refractivity contribution in [2.45, 2.75) is 45.7 Å². The molecule has 1 saturated heterocycles. The Kier molecular flexibility index (Phi) is 6.73. The molecule has 1 aliphatic heterocycles. The molecule has 0 aromatic heterocycles. The molecule has 0 amide bonds. The molecule has 0 radical (unpaired) electrons. The Hall–Kier alpha value is -0.170. The lowest BCUT2D eigenvalue weighted by Gasteiger charge is -2.36. The Morgan fingerprint density at radius 2 is 1.95 bits per heavy atom. The smallest absolute Gasteiger partial charge is 0.214 e. The predicted octanol–water partition coefficient (Wildman–Crippen LogP) is 0.730. The van der Waals surface area contributed by atoms with E-state index in [-0.39, 0.29) is 5.75 Å². The van der Waals surface area contributed by atoms with Gasteiger partial charge in [0.2, 0.25) is 10.0 Å². The number of rotatable bonds is 7. The molecule has 0 spiro atoms. The summed E-state index contributed by atoms with van der Waals surface area (Å²) in [6.07, 6.45) is 1.66. The van der Waals surface area contributed by atoms with Crippen LogP contribution in [-0.2, 0) is 10.0 Å². The number of nitrogens with zero attached hydrogens (tertiary/aromatic N) is 2. The van der Waals surface area contributed by atoms with Gasteiger partial charge in [-0.2, -0.15) is 4.31 Å². The SMILES string of the molecule is CC(C)NCCCCS(=O)(=O)N1CCN(C)C(C)C1. The Balaban J connectivity index is 2.31. The Bertz CT molecular complexity index is 357. The minimum atomic E-state index is -3.06. The van der Waals surface area contributed by atoms with Crippen molar-refractivity contribution in [3.63, 3.8) is 0 Å². The van der Waals surface area contributed by atoms with Crippen LogP contribution in [0, 0.1) is 0 Å². The molecule has 1 heterocycles. The molecule has 0 aromatic carbocycles. The Morgan fingerprint density at radius 3 is 2.53 bits per heavy atom. The molecule has 19 heavy (non-hydrogen) atoms. The highest BCUT2D eigenvalue weighted by Gasteiger charge is 2.28. The maximum atomic E-state index is 12.2. The first kappa shape index (κ1) is 16.9. The summed E-state index contributed by atoms with van der Waals surface area (Å²) in [5.41, 5.74) is 0. The molecule has 0 saturated carbocycles. The molecule has 1 rings (SSSR count).